The molecule has 1 fully saturated rings. The van der Waals surface area contributed by atoms with Gasteiger partial charge in [0.1, 0.15) is 29.9 Å². The Hall–Kier alpha value is -2.85. The summed E-state index contributed by atoms with van der Waals surface area (Å²) in [5, 5.41) is 16.5. The van der Waals surface area contributed by atoms with Gasteiger partial charge in [0.15, 0.2) is 0 Å². The number of halogens is 4. The van der Waals surface area contributed by atoms with E-state index in [4.69, 9.17) is 23.2 Å². The van der Waals surface area contributed by atoms with Crippen LogP contribution in [0, 0.1) is 11.6 Å². The van der Waals surface area contributed by atoms with Gasteiger partial charge in [0.2, 0.25) is 5.91 Å². The molecule has 4 rings (SSSR count). The molecule has 1 N–H and O–H groups in total. The minimum atomic E-state index is -1.70. The second kappa shape index (κ2) is 11.0. The highest BCUT2D eigenvalue weighted by Crippen LogP contribution is 2.29. The van der Waals surface area contributed by atoms with Crippen molar-refractivity contribution in [3.63, 3.8) is 0 Å². The fraction of sp³-hybridized carbons (Fsp3) is 0.320. The van der Waals surface area contributed by atoms with Crippen LogP contribution in [-0.2, 0) is 16.9 Å². The SMILES string of the molecule is CC(=Cc1ccc(Cl)cc1Cl)C(=O)N1CCN(CC(O)(Cn2cncn2)c2ccc(F)cc2F)CC1. The lowest BCUT2D eigenvalue weighted by Crippen LogP contribution is -2.53. The van der Waals surface area contributed by atoms with Crippen LogP contribution in [0.15, 0.2) is 54.6 Å². The van der Waals surface area contributed by atoms with Crippen molar-refractivity contribution >= 4 is 35.2 Å². The zero-order valence-electron chi connectivity index (χ0n) is 19.5. The van der Waals surface area contributed by atoms with Crippen LogP contribution in [0.2, 0.25) is 10.0 Å². The number of carbonyl (C=O) groups is 1. The number of aromatic nitrogens is 3. The molecule has 1 aliphatic rings. The number of piperazine rings is 1. The molecule has 1 saturated heterocycles. The van der Waals surface area contributed by atoms with E-state index in [1.54, 1.807) is 36.1 Å². The fourth-order valence-electron chi connectivity index (χ4n) is 4.31. The molecular weight excluding hydrogens is 511 g/mol. The Morgan fingerprint density at radius 2 is 1.86 bits per heavy atom. The van der Waals surface area contributed by atoms with Gasteiger partial charge in [-0.3, -0.25) is 9.69 Å². The van der Waals surface area contributed by atoms with Crippen LogP contribution >= 0.6 is 23.2 Å². The summed E-state index contributed by atoms with van der Waals surface area (Å²) in [5.41, 5.74) is -0.496. The zero-order valence-corrected chi connectivity index (χ0v) is 21.1. The number of rotatable bonds is 7. The van der Waals surface area contributed by atoms with Gasteiger partial charge in [-0.1, -0.05) is 35.3 Å². The zero-order chi connectivity index (χ0) is 25.9. The lowest BCUT2D eigenvalue weighted by atomic mass is 9.92. The number of aliphatic hydroxyl groups is 1. The van der Waals surface area contributed by atoms with E-state index >= 15 is 0 Å². The first-order chi connectivity index (χ1) is 17.1. The van der Waals surface area contributed by atoms with Crippen LogP contribution in [0.3, 0.4) is 0 Å². The number of hydrogen-bond acceptors (Lipinski definition) is 5. The summed E-state index contributed by atoms with van der Waals surface area (Å²) in [6.07, 6.45) is 4.46. The van der Waals surface area contributed by atoms with Crippen LogP contribution in [0.4, 0.5) is 8.78 Å². The van der Waals surface area contributed by atoms with Gasteiger partial charge in [-0.25, -0.2) is 18.4 Å². The van der Waals surface area contributed by atoms with Crippen LogP contribution < -0.4 is 0 Å². The van der Waals surface area contributed by atoms with E-state index in [1.165, 1.54) is 23.4 Å². The van der Waals surface area contributed by atoms with Crippen molar-refractivity contribution in [2.45, 2.75) is 19.1 Å². The molecule has 0 saturated carbocycles. The van der Waals surface area contributed by atoms with Crippen molar-refractivity contribution in [3.05, 3.63) is 87.4 Å². The summed E-state index contributed by atoms with van der Waals surface area (Å²) in [6, 6.07) is 8.20. The molecule has 1 atom stereocenters. The first kappa shape index (κ1) is 26.2. The normalized spacial score (nSPS) is 16.7. The number of hydrogen-bond donors (Lipinski definition) is 1. The van der Waals surface area contributed by atoms with Gasteiger partial charge >= 0.3 is 0 Å². The third-order valence-corrected chi connectivity index (χ3v) is 6.70. The molecule has 36 heavy (non-hydrogen) atoms. The van der Waals surface area contributed by atoms with Crippen LogP contribution in [0.5, 0.6) is 0 Å². The molecule has 0 radical (unpaired) electrons. The fourth-order valence-corrected chi connectivity index (χ4v) is 4.77. The molecule has 11 heteroatoms. The summed E-state index contributed by atoms with van der Waals surface area (Å²) in [4.78, 5) is 20.5. The van der Waals surface area contributed by atoms with Crippen molar-refractivity contribution in [1.82, 2.24) is 24.6 Å². The topological polar surface area (TPSA) is 74.5 Å². The highest BCUT2D eigenvalue weighted by molar-refractivity contribution is 6.35. The van der Waals surface area contributed by atoms with Crippen molar-refractivity contribution < 1.29 is 18.7 Å². The highest BCUT2D eigenvalue weighted by atomic mass is 35.5. The number of carbonyl (C=O) groups excluding carboxylic acids is 1. The monoisotopic (exact) mass is 535 g/mol. The molecule has 1 amide bonds. The molecule has 0 bridgehead atoms. The number of β-amino-alcohol motifs (C(OH)–C–C–N with tert-alkyl or cyclic N) is 1. The number of nitrogens with zero attached hydrogens (tertiary/aromatic N) is 5. The van der Waals surface area contributed by atoms with Gasteiger partial charge in [0, 0.05) is 60.0 Å². The maximum absolute atomic E-state index is 14.7. The molecule has 2 heterocycles. The predicted molar refractivity (Wildman–Crippen MR) is 133 cm³/mol. The Morgan fingerprint density at radius 1 is 1.11 bits per heavy atom. The molecule has 1 unspecified atom stereocenters. The molecule has 2 aromatic carbocycles. The van der Waals surface area contributed by atoms with Crippen molar-refractivity contribution in [2.24, 2.45) is 0 Å². The van der Waals surface area contributed by atoms with Crippen molar-refractivity contribution in [2.75, 3.05) is 32.7 Å². The Labute approximate surface area is 217 Å². The highest BCUT2D eigenvalue weighted by Gasteiger charge is 2.36. The van der Waals surface area contributed by atoms with Crippen LogP contribution in [0.1, 0.15) is 18.1 Å². The minimum absolute atomic E-state index is 0.0310. The summed E-state index contributed by atoms with van der Waals surface area (Å²) in [6.45, 7) is 3.48. The Balaban J connectivity index is 1.45. The molecule has 0 aliphatic carbocycles. The van der Waals surface area contributed by atoms with E-state index in [0.29, 0.717) is 47.4 Å². The standard InChI is InChI=1S/C25H25Cl2F2N5O2/c1-17(10-18-2-3-19(26)11-22(18)27)24(35)33-8-6-32(7-9-33)13-25(36,14-34-16-30-15-31-34)21-5-4-20(28)12-23(21)29/h2-5,10-12,15-16,36H,6-9,13-14H2,1H3. The predicted octanol–water partition coefficient (Wildman–Crippen LogP) is 4.00. The van der Waals surface area contributed by atoms with Gasteiger partial charge in [0.05, 0.1) is 6.54 Å². The summed E-state index contributed by atoms with van der Waals surface area (Å²) in [7, 11) is 0. The Kier molecular flexibility index (Phi) is 8.04. The van der Waals surface area contributed by atoms with E-state index in [-0.39, 0.29) is 24.6 Å². The van der Waals surface area contributed by atoms with Gasteiger partial charge in [-0.15, -0.1) is 0 Å². The molecule has 190 valence electrons. The molecular formula is C25H25Cl2F2N5O2. The summed E-state index contributed by atoms with van der Waals surface area (Å²) in [5.74, 6) is -1.69. The molecule has 1 aromatic heterocycles. The number of amides is 1. The largest absolute Gasteiger partial charge is 0.382 e. The quantitative estimate of drug-likeness (QED) is 0.463. The minimum Gasteiger partial charge on any atom is -0.382 e. The second-order valence-electron chi connectivity index (χ2n) is 8.81. The lowest BCUT2D eigenvalue weighted by Gasteiger charge is -2.39. The molecule has 7 nitrogen and oxygen atoms in total. The molecule has 3 aromatic rings. The van der Waals surface area contributed by atoms with E-state index < -0.39 is 17.2 Å². The third kappa shape index (κ3) is 6.10. The van der Waals surface area contributed by atoms with Gasteiger partial charge < -0.3 is 10.0 Å². The van der Waals surface area contributed by atoms with Crippen molar-refractivity contribution in [3.8, 4) is 0 Å². The average Bonchev–Trinajstić information content (AvgIpc) is 3.33. The first-order valence-corrected chi connectivity index (χ1v) is 12.1. The van der Waals surface area contributed by atoms with Crippen molar-refractivity contribution in [1.29, 1.82) is 0 Å². The van der Waals surface area contributed by atoms with Gasteiger partial charge in [-0.05, 0) is 36.8 Å². The van der Waals surface area contributed by atoms with E-state index in [9.17, 15) is 18.7 Å². The number of benzene rings is 2. The molecule has 1 aliphatic heterocycles. The van der Waals surface area contributed by atoms with E-state index in [2.05, 4.69) is 10.1 Å². The third-order valence-electron chi connectivity index (χ3n) is 6.14. The maximum Gasteiger partial charge on any atom is 0.249 e. The van der Waals surface area contributed by atoms with Gasteiger partial charge in [-0.2, -0.15) is 5.10 Å². The summed E-state index contributed by atoms with van der Waals surface area (Å²) < 4.78 is 29.6. The molecule has 0 spiro atoms. The summed E-state index contributed by atoms with van der Waals surface area (Å²) >= 11 is 12.2. The maximum atomic E-state index is 14.7. The Bertz CT molecular complexity index is 1260. The lowest BCUT2D eigenvalue weighted by molar-refractivity contribution is -0.129. The second-order valence-corrected chi connectivity index (χ2v) is 9.65. The van der Waals surface area contributed by atoms with Gasteiger partial charge in [0.25, 0.3) is 0 Å². The average molecular weight is 536 g/mol. The first-order valence-electron chi connectivity index (χ1n) is 11.3. The smallest absolute Gasteiger partial charge is 0.249 e. The Morgan fingerprint density at radius 3 is 2.50 bits per heavy atom. The van der Waals surface area contributed by atoms with Crippen LogP contribution in [0.25, 0.3) is 6.08 Å². The van der Waals surface area contributed by atoms with E-state index in [1.807, 2.05) is 4.90 Å². The van der Waals surface area contributed by atoms with E-state index in [0.717, 1.165) is 12.1 Å². The van der Waals surface area contributed by atoms with Crippen LogP contribution in [-0.4, -0.2) is 68.3 Å².